The summed E-state index contributed by atoms with van der Waals surface area (Å²) < 4.78 is 16.3. The molecule has 0 aliphatic carbocycles. The van der Waals surface area contributed by atoms with Gasteiger partial charge in [0.15, 0.2) is 6.61 Å². The van der Waals surface area contributed by atoms with Gasteiger partial charge in [-0.1, -0.05) is 0 Å². The number of aromatic hydroxyl groups is 1. The molecule has 1 heterocycles. The van der Waals surface area contributed by atoms with Gasteiger partial charge in [-0.25, -0.2) is 0 Å². The minimum Gasteiger partial charge on any atom is -0.508 e. The van der Waals surface area contributed by atoms with Gasteiger partial charge >= 0.3 is 0 Å². The van der Waals surface area contributed by atoms with Gasteiger partial charge in [0.25, 0.3) is 5.91 Å². The molecule has 0 radical (unpaired) electrons. The Morgan fingerprint density at radius 2 is 1.63 bits per heavy atom. The largest absolute Gasteiger partial charge is 0.508 e. The number of amides is 1. The molecule has 0 unspecified atom stereocenters. The Bertz CT molecular complexity index is 770. The minimum absolute atomic E-state index is 0.0206. The second-order valence-electron chi connectivity index (χ2n) is 6.19. The quantitative estimate of drug-likeness (QED) is 0.838. The van der Waals surface area contributed by atoms with Crippen LogP contribution in [0.4, 0.5) is 5.69 Å². The molecular formula is C20H24N2O5. The number of phenols is 1. The van der Waals surface area contributed by atoms with Crippen molar-refractivity contribution in [2.24, 2.45) is 0 Å². The van der Waals surface area contributed by atoms with Crippen LogP contribution in [0.1, 0.15) is 0 Å². The van der Waals surface area contributed by atoms with Crippen LogP contribution in [0, 0.1) is 0 Å². The number of piperazine rings is 1. The predicted octanol–water partition coefficient (Wildman–Crippen LogP) is 2.14. The number of ether oxygens (including phenoxy) is 3. The lowest BCUT2D eigenvalue weighted by molar-refractivity contribution is -0.133. The van der Waals surface area contributed by atoms with Crippen LogP contribution in [0.3, 0.4) is 0 Å². The molecule has 7 heteroatoms. The maximum absolute atomic E-state index is 12.4. The Morgan fingerprint density at radius 3 is 2.26 bits per heavy atom. The van der Waals surface area contributed by atoms with Crippen molar-refractivity contribution in [2.45, 2.75) is 0 Å². The number of anilines is 1. The molecule has 0 atom stereocenters. The zero-order valence-corrected chi connectivity index (χ0v) is 15.6. The molecule has 144 valence electrons. The van der Waals surface area contributed by atoms with Crippen molar-refractivity contribution in [3.05, 3.63) is 42.5 Å². The average Bonchev–Trinajstić information content (AvgIpc) is 2.72. The third kappa shape index (κ3) is 4.55. The van der Waals surface area contributed by atoms with E-state index in [1.54, 1.807) is 31.3 Å². The van der Waals surface area contributed by atoms with Gasteiger partial charge in [0, 0.05) is 32.2 Å². The van der Waals surface area contributed by atoms with E-state index in [0.29, 0.717) is 31.9 Å². The van der Waals surface area contributed by atoms with E-state index in [-0.39, 0.29) is 18.3 Å². The Hall–Kier alpha value is -3.09. The fourth-order valence-corrected chi connectivity index (χ4v) is 3.02. The number of hydrogen-bond donors (Lipinski definition) is 1. The number of carbonyl (C=O) groups excluding carboxylic acids is 1. The van der Waals surface area contributed by atoms with Crippen molar-refractivity contribution in [1.29, 1.82) is 0 Å². The third-order valence-electron chi connectivity index (χ3n) is 4.56. The molecule has 3 rings (SSSR count). The molecule has 27 heavy (non-hydrogen) atoms. The highest BCUT2D eigenvalue weighted by Crippen LogP contribution is 2.32. The van der Waals surface area contributed by atoms with E-state index in [4.69, 9.17) is 14.2 Å². The van der Waals surface area contributed by atoms with Gasteiger partial charge in [0.05, 0.1) is 19.9 Å². The van der Waals surface area contributed by atoms with Crippen molar-refractivity contribution in [2.75, 3.05) is 51.9 Å². The smallest absolute Gasteiger partial charge is 0.260 e. The summed E-state index contributed by atoms with van der Waals surface area (Å²) in [5.74, 6) is 2.22. The van der Waals surface area contributed by atoms with Crippen LogP contribution in [-0.4, -0.2) is 62.9 Å². The lowest BCUT2D eigenvalue weighted by Gasteiger charge is -2.36. The molecule has 7 nitrogen and oxygen atoms in total. The van der Waals surface area contributed by atoms with Gasteiger partial charge in [-0.3, -0.25) is 4.79 Å². The highest BCUT2D eigenvalue weighted by Gasteiger charge is 2.23. The van der Waals surface area contributed by atoms with E-state index in [9.17, 15) is 9.90 Å². The molecular weight excluding hydrogens is 348 g/mol. The van der Waals surface area contributed by atoms with Gasteiger partial charge in [-0.15, -0.1) is 0 Å². The number of carbonyl (C=O) groups is 1. The number of phenolic OH excluding ortho intramolecular Hbond substituents is 1. The lowest BCUT2D eigenvalue weighted by Crippen LogP contribution is -2.50. The highest BCUT2D eigenvalue weighted by atomic mass is 16.5. The molecule has 1 aliphatic rings. The Morgan fingerprint density at radius 1 is 0.963 bits per heavy atom. The van der Waals surface area contributed by atoms with Gasteiger partial charge in [-0.05, 0) is 36.4 Å². The topological polar surface area (TPSA) is 71.5 Å². The molecule has 1 N–H and O–H groups in total. The molecule has 2 aromatic rings. The summed E-state index contributed by atoms with van der Waals surface area (Å²) in [5, 5.41) is 9.27. The van der Waals surface area contributed by atoms with Crippen molar-refractivity contribution < 1.29 is 24.1 Å². The summed E-state index contributed by atoms with van der Waals surface area (Å²) in [6.45, 7) is 2.60. The first-order valence-electron chi connectivity index (χ1n) is 8.77. The zero-order chi connectivity index (χ0) is 19.2. The van der Waals surface area contributed by atoms with Crippen molar-refractivity contribution in [1.82, 2.24) is 4.90 Å². The maximum atomic E-state index is 12.4. The molecule has 1 saturated heterocycles. The fraction of sp³-hybridized carbons (Fsp3) is 0.350. The average molecular weight is 372 g/mol. The second-order valence-corrected chi connectivity index (χ2v) is 6.19. The van der Waals surface area contributed by atoms with Crippen LogP contribution in [0.2, 0.25) is 0 Å². The van der Waals surface area contributed by atoms with E-state index >= 15 is 0 Å². The van der Waals surface area contributed by atoms with Crippen molar-refractivity contribution in [3.8, 4) is 23.0 Å². The van der Waals surface area contributed by atoms with E-state index in [2.05, 4.69) is 4.90 Å². The van der Waals surface area contributed by atoms with Crippen molar-refractivity contribution >= 4 is 11.6 Å². The van der Waals surface area contributed by atoms with Crippen LogP contribution < -0.4 is 19.1 Å². The van der Waals surface area contributed by atoms with Gasteiger partial charge in [0.2, 0.25) is 0 Å². The third-order valence-corrected chi connectivity index (χ3v) is 4.56. The number of benzene rings is 2. The molecule has 0 spiro atoms. The van der Waals surface area contributed by atoms with Gasteiger partial charge < -0.3 is 29.1 Å². The summed E-state index contributed by atoms with van der Waals surface area (Å²) in [4.78, 5) is 16.4. The number of rotatable bonds is 6. The standard InChI is InChI=1S/C20H24N2O5/c1-25-17-7-8-19(26-2)18(13-17)21-9-11-22(12-10-21)20(24)14-27-16-5-3-15(23)4-6-16/h3-8,13,23H,9-12,14H2,1-2H3. The molecule has 2 aromatic carbocycles. The number of hydrogen-bond acceptors (Lipinski definition) is 6. The lowest BCUT2D eigenvalue weighted by atomic mass is 10.2. The summed E-state index contributed by atoms with van der Waals surface area (Å²) in [6, 6.07) is 12.0. The highest BCUT2D eigenvalue weighted by molar-refractivity contribution is 5.78. The van der Waals surface area contributed by atoms with E-state index in [0.717, 1.165) is 17.2 Å². The van der Waals surface area contributed by atoms with E-state index in [1.807, 2.05) is 18.2 Å². The van der Waals surface area contributed by atoms with E-state index < -0.39 is 0 Å². The molecule has 1 amide bonds. The first-order valence-corrected chi connectivity index (χ1v) is 8.77. The van der Waals surface area contributed by atoms with Crippen LogP contribution in [-0.2, 0) is 4.79 Å². The van der Waals surface area contributed by atoms with Crippen LogP contribution >= 0.6 is 0 Å². The zero-order valence-electron chi connectivity index (χ0n) is 15.6. The molecule has 0 aromatic heterocycles. The summed E-state index contributed by atoms with van der Waals surface area (Å²) in [5.41, 5.74) is 0.962. The maximum Gasteiger partial charge on any atom is 0.260 e. The summed E-state index contributed by atoms with van der Waals surface area (Å²) in [7, 11) is 3.28. The Labute approximate surface area is 158 Å². The number of nitrogens with zero attached hydrogens (tertiary/aromatic N) is 2. The predicted molar refractivity (Wildman–Crippen MR) is 102 cm³/mol. The normalized spacial score (nSPS) is 14.0. The summed E-state index contributed by atoms with van der Waals surface area (Å²) >= 11 is 0. The number of methoxy groups -OCH3 is 2. The van der Waals surface area contributed by atoms with Crippen LogP contribution in [0.5, 0.6) is 23.0 Å². The van der Waals surface area contributed by atoms with Crippen molar-refractivity contribution in [3.63, 3.8) is 0 Å². The Kier molecular flexibility index (Phi) is 5.90. The monoisotopic (exact) mass is 372 g/mol. The molecule has 0 bridgehead atoms. The second kappa shape index (κ2) is 8.53. The SMILES string of the molecule is COc1ccc(OC)c(N2CCN(C(=O)COc3ccc(O)cc3)CC2)c1. The molecule has 1 fully saturated rings. The summed E-state index contributed by atoms with van der Waals surface area (Å²) in [6.07, 6.45) is 0. The first-order chi connectivity index (χ1) is 13.1. The van der Waals surface area contributed by atoms with Gasteiger partial charge in [-0.2, -0.15) is 0 Å². The minimum atomic E-state index is -0.0552. The van der Waals surface area contributed by atoms with Crippen LogP contribution in [0.25, 0.3) is 0 Å². The van der Waals surface area contributed by atoms with Gasteiger partial charge in [0.1, 0.15) is 23.0 Å². The van der Waals surface area contributed by atoms with E-state index in [1.165, 1.54) is 12.1 Å². The van der Waals surface area contributed by atoms with Crippen LogP contribution in [0.15, 0.2) is 42.5 Å². The Balaban J connectivity index is 1.55. The fourth-order valence-electron chi connectivity index (χ4n) is 3.02. The molecule has 1 aliphatic heterocycles. The molecule has 0 saturated carbocycles. The first kappa shape index (κ1) is 18.7.